The quantitative estimate of drug-likeness (QED) is 0.821. The fourth-order valence-corrected chi connectivity index (χ4v) is 2.68. The van der Waals surface area contributed by atoms with Crippen LogP contribution in [0.3, 0.4) is 0 Å². The van der Waals surface area contributed by atoms with Crippen molar-refractivity contribution in [2.45, 2.75) is 38.1 Å². The minimum atomic E-state index is -0.460. The number of nitrogens with one attached hydrogen (secondary N) is 1. The molecular weight excluding hydrogens is 196 g/mol. The second kappa shape index (κ2) is 4.27. The summed E-state index contributed by atoms with van der Waals surface area (Å²) < 4.78 is 0. The molecule has 16 heavy (non-hydrogen) atoms. The third-order valence-electron chi connectivity index (χ3n) is 3.57. The number of nitrogens with zero attached hydrogens (tertiary/aromatic N) is 1. The molecule has 0 spiro atoms. The Hall–Kier alpha value is -1.33. The molecule has 1 aromatic rings. The molecule has 0 fully saturated rings. The molecule has 0 saturated heterocycles. The first-order chi connectivity index (χ1) is 7.73. The molecule has 1 N–H and O–H groups in total. The lowest BCUT2D eigenvalue weighted by atomic mass is 9.73. The van der Waals surface area contributed by atoms with Crippen LogP contribution in [-0.4, -0.2) is 6.54 Å². The zero-order valence-corrected chi connectivity index (χ0v) is 9.96. The average Bonchev–Trinajstić information content (AvgIpc) is 2.34. The maximum Gasteiger partial charge on any atom is 0.132 e. The SMILES string of the molecule is CCNC1(C#N)CCC(C)c2ccccc21. The van der Waals surface area contributed by atoms with Gasteiger partial charge in [0.25, 0.3) is 0 Å². The van der Waals surface area contributed by atoms with Crippen LogP contribution in [0.2, 0.25) is 0 Å². The third kappa shape index (κ3) is 1.62. The monoisotopic (exact) mass is 214 g/mol. The van der Waals surface area contributed by atoms with E-state index in [9.17, 15) is 5.26 Å². The predicted molar refractivity (Wildman–Crippen MR) is 65.1 cm³/mol. The molecule has 2 atom stereocenters. The van der Waals surface area contributed by atoms with Crippen molar-refractivity contribution in [3.05, 3.63) is 35.4 Å². The van der Waals surface area contributed by atoms with Crippen molar-refractivity contribution < 1.29 is 0 Å². The van der Waals surface area contributed by atoms with Crippen molar-refractivity contribution in [1.82, 2.24) is 5.32 Å². The van der Waals surface area contributed by atoms with Gasteiger partial charge >= 0.3 is 0 Å². The van der Waals surface area contributed by atoms with Gasteiger partial charge in [0.2, 0.25) is 0 Å². The smallest absolute Gasteiger partial charge is 0.132 e. The van der Waals surface area contributed by atoms with Crippen molar-refractivity contribution in [1.29, 1.82) is 5.26 Å². The van der Waals surface area contributed by atoms with Gasteiger partial charge in [-0.3, -0.25) is 5.32 Å². The molecule has 0 radical (unpaired) electrons. The van der Waals surface area contributed by atoms with E-state index in [0.717, 1.165) is 19.4 Å². The number of rotatable bonds is 2. The van der Waals surface area contributed by atoms with Crippen LogP contribution in [0.4, 0.5) is 0 Å². The van der Waals surface area contributed by atoms with Gasteiger partial charge in [-0.05, 0) is 36.4 Å². The lowest BCUT2D eigenvalue weighted by molar-refractivity contribution is 0.355. The maximum atomic E-state index is 9.49. The topological polar surface area (TPSA) is 35.8 Å². The molecule has 2 nitrogen and oxygen atoms in total. The van der Waals surface area contributed by atoms with Gasteiger partial charge < -0.3 is 0 Å². The van der Waals surface area contributed by atoms with E-state index < -0.39 is 5.54 Å². The number of fused-ring (bicyclic) bond motifs is 1. The average molecular weight is 214 g/mol. The maximum absolute atomic E-state index is 9.49. The molecule has 0 aliphatic heterocycles. The van der Waals surface area contributed by atoms with Crippen LogP contribution in [0.25, 0.3) is 0 Å². The summed E-state index contributed by atoms with van der Waals surface area (Å²) in [5.74, 6) is 0.566. The third-order valence-corrected chi connectivity index (χ3v) is 3.57. The zero-order chi connectivity index (χ0) is 11.6. The Labute approximate surface area is 97.3 Å². The van der Waals surface area contributed by atoms with E-state index in [1.165, 1.54) is 11.1 Å². The standard InChI is InChI=1S/C14H18N2/c1-3-16-14(10-15)9-8-11(2)12-6-4-5-7-13(12)14/h4-7,11,16H,3,8-9H2,1-2H3. The summed E-state index contributed by atoms with van der Waals surface area (Å²) in [4.78, 5) is 0. The van der Waals surface area contributed by atoms with Crippen LogP contribution in [-0.2, 0) is 5.54 Å². The molecule has 0 heterocycles. The van der Waals surface area contributed by atoms with E-state index in [1.807, 2.05) is 6.07 Å². The molecule has 1 aromatic carbocycles. The van der Waals surface area contributed by atoms with Crippen LogP contribution < -0.4 is 5.32 Å². The molecule has 1 aliphatic carbocycles. The Morgan fingerprint density at radius 3 is 2.94 bits per heavy atom. The minimum absolute atomic E-state index is 0.460. The second-order valence-electron chi connectivity index (χ2n) is 4.57. The number of hydrogen-bond donors (Lipinski definition) is 1. The van der Waals surface area contributed by atoms with Gasteiger partial charge in [0.15, 0.2) is 0 Å². The van der Waals surface area contributed by atoms with E-state index >= 15 is 0 Å². The molecule has 2 rings (SSSR count). The molecule has 0 bridgehead atoms. The molecular formula is C14H18N2. The summed E-state index contributed by atoms with van der Waals surface area (Å²) in [6.45, 7) is 5.13. The summed E-state index contributed by atoms with van der Waals surface area (Å²) in [5, 5.41) is 12.9. The first kappa shape index (κ1) is 11.2. The molecule has 0 amide bonds. The Morgan fingerprint density at radius 2 is 2.25 bits per heavy atom. The van der Waals surface area contributed by atoms with Crippen LogP contribution in [0.1, 0.15) is 43.7 Å². The van der Waals surface area contributed by atoms with Gasteiger partial charge in [-0.1, -0.05) is 38.1 Å². The largest absolute Gasteiger partial charge is 0.296 e. The first-order valence-corrected chi connectivity index (χ1v) is 5.99. The molecule has 84 valence electrons. The highest BCUT2D eigenvalue weighted by molar-refractivity contribution is 5.42. The van der Waals surface area contributed by atoms with E-state index in [-0.39, 0.29) is 0 Å². The first-order valence-electron chi connectivity index (χ1n) is 5.99. The minimum Gasteiger partial charge on any atom is -0.296 e. The van der Waals surface area contributed by atoms with E-state index in [0.29, 0.717) is 5.92 Å². The number of nitriles is 1. The summed E-state index contributed by atoms with van der Waals surface area (Å²) >= 11 is 0. The van der Waals surface area contributed by atoms with E-state index in [2.05, 4.69) is 43.4 Å². The molecule has 1 aliphatic rings. The van der Waals surface area contributed by atoms with Crippen molar-refractivity contribution in [2.75, 3.05) is 6.54 Å². The summed E-state index contributed by atoms with van der Waals surface area (Å²) in [7, 11) is 0. The Kier molecular flexibility index (Phi) is 2.98. The fourth-order valence-electron chi connectivity index (χ4n) is 2.68. The lowest BCUT2D eigenvalue weighted by Crippen LogP contribution is -2.44. The van der Waals surface area contributed by atoms with Gasteiger partial charge in [0.05, 0.1) is 6.07 Å². The highest BCUT2D eigenvalue weighted by Gasteiger charge is 2.37. The predicted octanol–water partition coefficient (Wildman–Crippen LogP) is 2.91. The second-order valence-corrected chi connectivity index (χ2v) is 4.57. The van der Waals surface area contributed by atoms with Gasteiger partial charge in [-0.15, -0.1) is 0 Å². The molecule has 2 unspecified atom stereocenters. The van der Waals surface area contributed by atoms with Crippen LogP contribution >= 0.6 is 0 Å². The summed E-state index contributed by atoms with van der Waals surface area (Å²) in [5.41, 5.74) is 2.05. The van der Waals surface area contributed by atoms with Gasteiger partial charge in [-0.25, -0.2) is 0 Å². The van der Waals surface area contributed by atoms with Crippen molar-refractivity contribution in [3.8, 4) is 6.07 Å². The summed E-state index contributed by atoms with van der Waals surface area (Å²) in [6, 6.07) is 10.8. The van der Waals surface area contributed by atoms with Crippen LogP contribution in [0, 0.1) is 11.3 Å². The van der Waals surface area contributed by atoms with Gasteiger partial charge in [0.1, 0.15) is 5.54 Å². The lowest BCUT2D eigenvalue weighted by Gasteiger charge is -2.36. The normalized spacial score (nSPS) is 28.2. The number of benzene rings is 1. The Morgan fingerprint density at radius 1 is 1.50 bits per heavy atom. The van der Waals surface area contributed by atoms with E-state index in [4.69, 9.17) is 0 Å². The van der Waals surface area contributed by atoms with Crippen molar-refractivity contribution in [2.24, 2.45) is 0 Å². The van der Waals surface area contributed by atoms with Gasteiger partial charge in [0, 0.05) is 0 Å². The number of hydrogen-bond acceptors (Lipinski definition) is 2. The van der Waals surface area contributed by atoms with Crippen molar-refractivity contribution in [3.63, 3.8) is 0 Å². The van der Waals surface area contributed by atoms with Crippen LogP contribution in [0.5, 0.6) is 0 Å². The fraction of sp³-hybridized carbons (Fsp3) is 0.500. The van der Waals surface area contributed by atoms with E-state index in [1.54, 1.807) is 0 Å². The Balaban J connectivity index is 2.52. The highest BCUT2D eigenvalue weighted by atomic mass is 15.0. The molecule has 2 heteroatoms. The van der Waals surface area contributed by atoms with Gasteiger partial charge in [-0.2, -0.15) is 5.26 Å². The highest BCUT2D eigenvalue weighted by Crippen LogP contribution is 2.40. The zero-order valence-electron chi connectivity index (χ0n) is 9.96. The molecule has 0 saturated carbocycles. The Bertz CT molecular complexity index is 419. The van der Waals surface area contributed by atoms with Crippen molar-refractivity contribution >= 4 is 0 Å². The molecule has 0 aromatic heterocycles. The van der Waals surface area contributed by atoms with Crippen LogP contribution in [0.15, 0.2) is 24.3 Å². The summed E-state index contributed by atoms with van der Waals surface area (Å²) in [6.07, 6.45) is 1.99.